The number of piperidine rings is 1. The van der Waals surface area contributed by atoms with Crippen LogP contribution in [0.25, 0.3) is 0 Å². The first-order valence-corrected chi connectivity index (χ1v) is 8.59. The average Bonchev–Trinajstić information content (AvgIpc) is 3.29. The van der Waals surface area contributed by atoms with Crippen LogP contribution in [0.3, 0.4) is 0 Å². The lowest BCUT2D eigenvalue weighted by atomic mass is 9.77. The van der Waals surface area contributed by atoms with E-state index in [1.54, 1.807) is 33.6 Å². The Morgan fingerprint density at radius 3 is 2.44 bits per heavy atom. The quantitative estimate of drug-likeness (QED) is 0.809. The molecular formula is C17H22N6O2. The van der Waals surface area contributed by atoms with Crippen molar-refractivity contribution in [3.8, 4) is 0 Å². The van der Waals surface area contributed by atoms with Crippen LogP contribution >= 0.6 is 0 Å². The maximum Gasteiger partial charge on any atom is 0.272 e. The molecule has 0 radical (unpaired) electrons. The van der Waals surface area contributed by atoms with E-state index >= 15 is 0 Å². The number of nitrogens with zero attached hydrogens (tertiary/aromatic N) is 6. The van der Waals surface area contributed by atoms with Gasteiger partial charge in [0.15, 0.2) is 5.82 Å². The molecule has 0 unspecified atom stereocenters. The topological polar surface area (TPSA) is 76.3 Å². The van der Waals surface area contributed by atoms with Gasteiger partial charge in [-0.1, -0.05) is 0 Å². The molecule has 2 aliphatic rings. The van der Waals surface area contributed by atoms with Crippen molar-refractivity contribution in [3.05, 3.63) is 30.2 Å². The summed E-state index contributed by atoms with van der Waals surface area (Å²) in [6.45, 7) is 1.91. The van der Waals surface area contributed by atoms with Crippen LogP contribution in [-0.2, 0) is 18.9 Å². The van der Waals surface area contributed by atoms with Crippen LogP contribution in [0.5, 0.6) is 0 Å². The van der Waals surface area contributed by atoms with Crippen LogP contribution in [-0.4, -0.2) is 55.9 Å². The molecule has 0 bridgehead atoms. The summed E-state index contributed by atoms with van der Waals surface area (Å²) in [7, 11) is 3.62. The summed E-state index contributed by atoms with van der Waals surface area (Å²) in [5.74, 6) is 0.860. The zero-order valence-corrected chi connectivity index (χ0v) is 14.6. The van der Waals surface area contributed by atoms with Gasteiger partial charge < -0.3 is 4.90 Å². The third kappa shape index (κ3) is 2.52. The molecule has 2 aromatic heterocycles. The monoisotopic (exact) mass is 342 g/mol. The Kier molecular flexibility index (Phi) is 3.63. The average molecular weight is 342 g/mol. The van der Waals surface area contributed by atoms with E-state index in [0.717, 1.165) is 12.2 Å². The zero-order valence-electron chi connectivity index (χ0n) is 14.6. The number of rotatable bonds is 2. The fraction of sp³-hybridized carbons (Fsp3) is 0.529. The third-order valence-electron chi connectivity index (χ3n) is 5.54. The van der Waals surface area contributed by atoms with E-state index in [-0.39, 0.29) is 17.2 Å². The first kappa shape index (κ1) is 15.9. The molecule has 0 aromatic carbocycles. The van der Waals surface area contributed by atoms with Crippen molar-refractivity contribution in [1.82, 2.24) is 24.5 Å². The van der Waals surface area contributed by atoms with Crippen molar-refractivity contribution in [3.63, 3.8) is 0 Å². The minimum atomic E-state index is -0.346. The third-order valence-corrected chi connectivity index (χ3v) is 5.54. The molecule has 0 saturated carbocycles. The SMILES string of the molecule is Cn1ccc(N2CCC3(CCN(C(=O)c4ccnn4C)CC3)C2=O)n1. The van der Waals surface area contributed by atoms with Crippen LogP contribution in [0, 0.1) is 5.41 Å². The van der Waals surface area contributed by atoms with Crippen molar-refractivity contribution in [2.45, 2.75) is 19.3 Å². The van der Waals surface area contributed by atoms with Crippen LogP contribution < -0.4 is 4.90 Å². The van der Waals surface area contributed by atoms with Gasteiger partial charge in [-0.2, -0.15) is 10.2 Å². The van der Waals surface area contributed by atoms with Crippen molar-refractivity contribution < 1.29 is 9.59 Å². The molecule has 2 fully saturated rings. The Morgan fingerprint density at radius 1 is 1.12 bits per heavy atom. The highest BCUT2D eigenvalue weighted by Gasteiger charge is 2.49. The summed E-state index contributed by atoms with van der Waals surface area (Å²) in [4.78, 5) is 29.2. The van der Waals surface area contributed by atoms with Gasteiger partial charge in [0.1, 0.15) is 5.69 Å². The number of hydrogen-bond acceptors (Lipinski definition) is 4. The van der Waals surface area contributed by atoms with Crippen LogP contribution in [0.1, 0.15) is 29.8 Å². The largest absolute Gasteiger partial charge is 0.337 e. The summed E-state index contributed by atoms with van der Waals surface area (Å²) < 4.78 is 3.30. The van der Waals surface area contributed by atoms with Gasteiger partial charge in [0, 0.05) is 52.2 Å². The van der Waals surface area contributed by atoms with Gasteiger partial charge in [-0.15, -0.1) is 0 Å². The smallest absolute Gasteiger partial charge is 0.272 e. The Bertz CT molecular complexity index is 815. The molecule has 1 spiro atoms. The maximum atomic E-state index is 13.0. The van der Waals surface area contributed by atoms with Gasteiger partial charge in [-0.05, 0) is 25.3 Å². The Labute approximate surface area is 146 Å². The lowest BCUT2D eigenvalue weighted by Gasteiger charge is -2.37. The number of carbonyl (C=O) groups is 2. The summed E-state index contributed by atoms with van der Waals surface area (Å²) >= 11 is 0. The molecule has 2 amide bonds. The number of carbonyl (C=O) groups excluding carboxylic acids is 2. The van der Waals surface area contributed by atoms with Crippen LogP contribution in [0.15, 0.2) is 24.5 Å². The molecule has 2 aliphatic heterocycles. The highest BCUT2D eigenvalue weighted by atomic mass is 16.2. The molecule has 25 heavy (non-hydrogen) atoms. The van der Waals surface area contributed by atoms with E-state index in [4.69, 9.17) is 0 Å². The second-order valence-corrected chi connectivity index (χ2v) is 6.97. The molecule has 0 atom stereocenters. The standard InChI is InChI=1S/C17H22N6O2/c1-20-9-4-14(19-20)23-12-7-17(16(23)25)5-10-22(11-6-17)15(24)13-3-8-18-21(13)2/h3-4,8-9H,5-7,10-12H2,1-2H3. The van der Waals surface area contributed by atoms with Gasteiger partial charge in [-0.25, -0.2) is 0 Å². The first-order valence-electron chi connectivity index (χ1n) is 8.59. The minimum Gasteiger partial charge on any atom is -0.337 e. The van der Waals surface area contributed by atoms with Gasteiger partial charge in [0.05, 0.1) is 5.41 Å². The summed E-state index contributed by atoms with van der Waals surface area (Å²) in [5, 5.41) is 8.42. The zero-order chi connectivity index (χ0) is 17.6. The van der Waals surface area contributed by atoms with Gasteiger partial charge in [-0.3, -0.25) is 23.9 Å². The maximum absolute atomic E-state index is 13.0. The molecule has 2 saturated heterocycles. The second-order valence-electron chi connectivity index (χ2n) is 6.97. The summed E-state index contributed by atoms with van der Waals surface area (Å²) in [6, 6.07) is 3.61. The number of amides is 2. The molecule has 0 aliphatic carbocycles. The molecular weight excluding hydrogens is 320 g/mol. The summed E-state index contributed by atoms with van der Waals surface area (Å²) in [6.07, 6.45) is 5.72. The fourth-order valence-electron chi connectivity index (χ4n) is 3.93. The molecule has 0 N–H and O–H groups in total. The molecule has 4 rings (SSSR count). The Morgan fingerprint density at radius 2 is 1.84 bits per heavy atom. The molecule has 132 valence electrons. The minimum absolute atomic E-state index is 0.0121. The lowest BCUT2D eigenvalue weighted by Crippen LogP contribution is -2.47. The molecule has 2 aromatic rings. The highest BCUT2D eigenvalue weighted by molar-refractivity contribution is 5.99. The number of anilines is 1. The van der Waals surface area contributed by atoms with E-state index in [2.05, 4.69) is 10.2 Å². The van der Waals surface area contributed by atoms with Gasteiger partial charge >= 0.3 is 0 Å². The predicted octanol–water partition coefficient (Wildman–Crippen LogP) is 0.813. The number of aromatic nitrogens is 4. The van der Waals surface area contributed by atoms with E-state index in [1.807, 2.05) is 24.2 Å². The molecule has 4 heterocycles. The normalized spacial score (nSPS) is 19.8. The summed E-state index contributed by atoms with van der Waals surface area (Å²) in [5.41, 5.74) is 0.240. The van der Waals surface area contributed by atoms with Crippen LogP contribution in [0.4, 0.5) is 5.82 Å². The highest BCUT2D eigenvalue weighted by Crippen LogP contribution is 2.42. The first-order chi connectivity index (χ1) is 12.0. The predicted molar refractivity (Wildman–Crippen MR) is 91.0 cm³/mol. The van der Waals surface area contributed by atoms with E-state index in [0.29, 0.717) is 38.2 Å². The van der Waals surface area contributed by atoms with Crippen molar-refractivity contribution in [2.75, 3.05) is 24.5 Å². The Hall–Kier alpha value is -2.64. The van der Waals surface area contributed by atoms with Crippen molar-refractivity contribution in [2.24, 2.45) is 19.5 Å². The second kappa shape index (κ2) is 5.72. The number of likely N-dealkylation sites (tertiary alicyclic amines) is 1. The Balaban J connectivity index is 1.45. The number of aryl methyl sites for hydroxylation is 2. The van der Waals surface area contributed by atoms with E-state index < -0.39 is 0 Å². The fourth-order valence-corrected chi connectivity index (χ4v) is 3.93. The molecule has 8 heteroatoms. The van der Waals surface area contributed by atoms with Crippen molar-refractivity contribution >= 4 is 17.6 Å². The van der Waals surface area contributed by atoms with Gasteiger partial charge in [0.2, 0.25) is 5.91 Å². The van der Waals surface area contributed by atoms with Gasteiger partial charge in [0.25, 0.3) is 5.91 Å². The van der Waals surface area contributed by atoms with Crippen molar-refractivity contribution in [1.29, 1.82) is 0 Å². The van der Waals surface area contributed by atoms with E-state index in [1.165, 1.54) is 0 Å². The van der Waals surface area contributed by atoms with Crippen LogP contribution in [0.2, 0.25) is 0 Å². The molecule has 8 nitrogen and oxygen atoms in total. The van der Waals surface area contributed by atoms with E-state index in [9.17, 15) is 9.59 Å². The lowest BCUT2D eigenvalue weighted by molar-refractivity contribution is -0.127. The number of hydrogen-bond donors (Lipinski definition) is 0.